The van der Waals surface area contributed by atoms with E-state index in [2.05, 4.69) is 15.5 Å². The Balaban J connectivity index is 1.53. The molecule has 2 saturated carbocycles. The highest BCUT2D eigenvalue weighted by molar-refractivity contribution is 6.31. The molecule has 0 spiro atoms. The molecule has 1 heterocycles. The van der Waals surface area contributed by atoms with Gasteiger partial charge >= 0.3 is 0 Å². The summed E-state index contributed by atoms with van der Waals surface area (Å²) in [6.07, 6.45) is 5.47. The van der Waals surface area contributed by atoms with E-state index in [1.165, 1.54) is 6.42 Å². The first-order valence-electron chi connectivity index (χ1n) is 11.2. The molecule has 0 bridgehead atoms. The van der Waals surface area contributed by atoms with Gasteiger partial charge in [-0.25, -0.2) is 0 Å². The summed E-state index contributed by atoms with van der Waals surface area (Å²) in [5, 5.41) is 7.44. The Morgan fingerprint density at radius 1 is 1.16 bits per heavy atom. The van der Waals surface area contributed by atoms with E-state index in [4.69, 9.17) is 23.2 Å². The minimum atomic E-state index is -0.830. The molecule has 0 radical (unpaired) electrons. The van der Waals surface area contributed by atoms with Crippen molar-refractivity contribution >= 4 is 40.7 Å². The quantitative estimate of drug-likeness (QED) is 0.621. The van der Waals surface area contributed by atoms with Crippen LogP contribution in [0.4, 0.5) is 5.69 Å². The average molecular weight is 472 g/mol. The van der Waals surface area contributed by atoms with Gasteiger partial charge in [-0.2, -0.15) is 0 Å². The number of carbonyl (C=O) groups is 2. The lowest BCUT2D eigenvalue weighted by atomic mass is 9.68. The van der Waals surface area contributed by atoms with E-state index < -0.39 is 11.0 Å². The van der Waals surface area contributed by atoms with Gasteiger partial charge in [0.2, 0.25) is 11.8 Å². The number of carbonyl (C=O) groups excluding carboxylic acids is 2. The van der Waals surface area contributed by atoms with Gasteiger partial charge in [0.05, 0.1) is 12.0 Å². The summed E-state index contributed by atoms with van der Waals surface area (Å²) in [5.41, 5.74) is 1.41. The van der Waals surface area contributed by atoms with Crippen molar-refractivity contribution in [2.75, 3.05) is 18.9 Å². The van der Waals surface area contributed by atoms with Gasteiger partial charge in [-0.3, -0.25) is 14.5 Å². The predicted octanol–water partition coefficient (Wildman–Crippen LogP) is 4.56. The van der Waals surface area contributed by atoms with Crippen LogP contribution in [-0.2, 0) is 21.4 Å². The molecule has 2 fully saturated rings. The van der Waals surface area contributed by atoms with Gasteiger partial charge in [-0.1, -0.05) is 41.4 Å². The summed E-state index contributed by atoms with van der Waals surface area (Å²) in [6, 6.07) is 13.6. The second-order valence-corrected chi connectivity index (χ2v) is 10.3. The second kappa shape index (κ2) is 8.05. The van der Waals surface area contributed by atoms with Crippen LogP contribution in [0.5, 0.6) is 0 Å². The van der Waals surface area contributed by atoms with E-state index in [9.17, 15) is 9.59 Å². The molecule has 5 nitrogen and oxygen atoms in total. The molecule has 2 amide bonds. The fraction of sp³-hybridized carbons (Fsp3) is 0.440. The second-order valence-electron chi connectivity index (χ2n) is 9.44. The van der Waals surface area contributed by atoms with Crippen molar-refractivity contribution in [3.05, 3.63) is 63.6 Å². The van der Waals surface area contributed by atoms with Gasteiger partial charge in [0.1, 0.15) is 0 Å². The highest BCUT2D eigenvalue weighted by Gasteiger charge is 2.68. The van der Waals surface area contributed by atoms with Gasteiger partial charge in [0.25, 0.3) is 0 Å². The summed E-state index contributed by atoms with van der Waals surface area (Å²) in [5.74, 6) is -0.0189. The van der Waals surface area contributed by atoms with Crippen LogP contribution in [0.25, 0.3) is 0 Å². The molecule has 2 N–H and O–H groups in total. The third-order valence-electron chi connectivity index (χ3n) is 7.54. The maximum Gasteiger partial charge on any atom is 0.237 e. The van der Waals surface area contributed by atoms with Crippen molar-refractivity contribution in [2.45, 2.75) is 55.5 Å². The molecule has 3 aliphatic rings. The highest BCUT2D eigenvalue weighted by Crippen LogP contribution is 2.60. The van der Waals surface area contributed by atoms with Crippen LogP contribution >= 0.6 is 23.2 Å². The van der Waals surface area contributed by atoms with Crippen molar-refractivity contribution in [1.82, 2.24) is 10.2 Å². The lowest BCUT2D eigenvalue weighted by molar-refractivity contribution is -0.128. The summed E-state index contributed by atoms with van der Waals surface area (Å²) < 4.78 is 0. The summed E-state index contributed by atoms with van der Waals surface area (Å²) in [7, 11) is 1.97. The largest absolute Gasteiger partial charge is 0.352 e. The molecule has 0 aromatic heterocycles. The highest BCUT2D eigenvalue weighted by atomic mass is 35.5. The van der Waals surface area contributed by atoms with E-state index in [1.807, 2.05) is 49.5 Å². The van der Waals surface area contributed by atoms with Gasteiger partial charge in [-0.15, -0.1) is 0 Å². The molecule has 2 aliphatic carbocycles. The topological polar surface area (TPSA) is 61.4 Å². The predicted molar refractivity (Wildman–Crippen MR) is 127 cm³/mol. The third-order valence-corrected chi connectivity index (χ3v) is 8.01. The van der Waals surface area contributed by atoms with Crippen LogP contribution in [0.15, 0.2) is 42.5 Å². The Morgan fingerprint density at radius 3 is 2.56 bits per heavy atom. The zero-order valence-corrected chi connectivity index (χ0v) is 19.6. The van der Waals surface area contributed by atoms with Crippen molar-refractivity contribution in [3.63, 3.8) is 0 Å². The first kappa shape index (κ1) is 21.7. The third kappa shape index (κ3) is 3.51. The first-order valence-corrected chi connectivity index (χ1v) is 12.0. The number of benzene rings is 2. The maximum absolute atomic E-state index is 13.7. The number of halogens is 2. The Morgan fingerprint density at radius 2 is 1.91 bits per heavy atom. The summed E-state index contributed by atoms with van der Waals surface area (Å²) >= 11 is 12.5. The van der Waals surface area contributed by atoms with E-state index in [-0.39, 0.29) is 18.4 Å². The molecule has 168 valence electrons. The number of nitrogens with one attached hydrogen (secondary N) is 2. The molecule has 2 aromatic rings. The Labute approximate surface area is 198 Å². The number of amides is 2. The maximum atomic E-state index is 13.7. The standard InChI is InChI=1S/C25H27Cl2N3O2/c1-30(15-22(31)28-19-6-3-7-19)24(10-11-24)25(14-16-4-2-5-17(26)12-16)20-9-8-18(27)13-21(20)29-23(25)32/h2,4-5,8-9,12-13,19H,3,6-7,10-11,14-15H2,1H3,(H,28,31)(H,29,32). The number of anilines is 1. The number of hydrogen-bond acceptors (Lipinski definition) is 3. The minimum Gasteiger partial charge on any atom is -0.352 e. The van der Waals surface area contributed by atoms with Crippen LogP contribution in [0.1, 0.15) is 43.2 Å². The zero-order valence-electron chi connectivity index (χ0n) is 18.1. The smallest absolute Gasteiger partial charge is 0.237 e. The van der Waals surface area contributed by atoms with Crippen LogP contribution in [0, 0.1) is 0 Å². The molecular weight excluding hydrogens is 445 g/mol. The Bertz CT molecular complexity index is 1080. The van der Waals surface area contributed by atoms with Gasteiger partial charge in [0.15, 0.2) is 0 Å². The number of likely N-dealkylation sites (N-methyl/N-ethyl adjacent to an activating group) is 1. The fourth-order valence-electron chi connectivity index (χ4n) is 5.54. The van der Waals surface area contributed by atoms with Gasteiger partial charge in [-0.05, 0) is 81.0 Å². The summed E-state index contributed by atoms with van der Waals surface area (Å²) in [6.45, 7) is 0.268. The first-order chi connectivity index (χ1) is 15.3. The van der Waals surface area contributed by atoms with Crippen LogP contribution in [0.2, 0.25) is 10.0 Å². The van der Waals surface area contributed by atoms with Crippen molar-refractivity contribution in [3.8, 4) is 0 Å². The van der Waals surface area contributed by atoms with Crippen LogP contribution in [-0.4, -0.2) is 41.9 Å². The number of rotatable bonds is 7. The molecule has 1 atom stereocenters. The molecule has 1 unspecified atom stereocenters. The summed E-state index contributed by atoms with van der Waals surface area (Å²) in [4.78, 5) is 28.6. The van der Waals surface area contributed by atoms with E-state index in [0.717, 1.165) is 42.5 Å². The molecule has 1 aliphatic heterocycles. The molecule has 0 saturated heterocycles. The monoisotopic (exact) mass is 471 g/mol. The Kier molecular flexibility index (Phi) is 5.47. The van der Waals surface area contributed by atoms with E-state index in [0.29, 0.717) is 22.5 Å². The molecule has 2 aromatic carbocycles. The number of nitrogens with zero attached hydrogens (tertiary/aromatic N) is 1. The Hall–Kier alpha value is -2.08. The zero-order chi connectivity index (χ0) is 22.5. The van der Waals surface area contributed by atoms with Gasteiger partial charge in [0, 0.05) is 27.3 Å². The van der Waals surface area contributed by atoms with Crippen molar-refractivity contribution < 1.29 is 9.59 Å². The molecule has 32 heavy (non-hydrogen) atoms. The lowest BCUT2D eigenvalue weighted by Gasteiger charge is -2.42. The molecule has 7 heteroatoms. The fourth-order valence-corrected chi connectivity index (χ4v) is 5.93. The van der Waals surface area contributed by atoms with Gasteiger partial charge < -0.3 is 10.6 Å². The number of fused-ring (bicyclic) bond motifs is 1. The number of hydrogen-bond donors (Lipinski definition) is 2. The van der Waals surface area contributed by atoms with Crippen LogP contribution in [0.3, 0.4) is 0 Å². The minimum absolute atomic E-state index is 0.0242. The van der Waals surface area contributed by atoms with Crippen molar-refractivity contribution in [2.24, 2.45) is 0 Å². The van der Waals surface area contributed by atoms with E-state index in [1.54, 1.807) is 0 Å². The normalized spacial score (nSPS) is 23.4. The van der Waals surface area contributed by atoms with Crippen LogP contribution < -0.4 is 10.6 Å². The average Bonchev–Trinajstić information content (AvgIpc) is 3.47. The molecular formula is C25H27Cl2N3O2. The SMILES string of the molecule is CN(CC(=O)NC1CCC1)C1(C2(Cc3cccc(Cl)c3)C(=O)Nc3cc(Cl)ccc32)CC1. The van der Waals surface area contributed by atoms with Crippen molar-refractivity contribution in [1.29, 1.82) is 0 Å². The lowest BCUT2D eigenvalue weighted by Crippen LogP contribution is -2.58. The molecule has 5 rings (SSSR count). The van der Waals surface area contributed by atoms with E-state index >= 15 is 0 Å².